The first kappa shape index (κ1) is 21.0. The molecule has 0 bridgehead atoms. The zero-order valence-electron chi connectivity index (χ0n) is 17.2. The maximum absolute atomic E-state index is 13.4. The van der Waals surface area contributed by atoms with E-state index in [1.165, 1.54) is 47.1 Å². The second-order valence-electron chi connectivity index (χ2n) is 7.60. The lowest BCUT2D eigenvalue weighted by Gasteiger charge is -2.30. The molecule has 1 aliphatic rings. The molecule has 1 unspecified atom stereocenters. The van der Waals surface area contributed by atoms with E-state index in [1.807, 2.05) is 23.8 Å². The second kappa shape index (κ2) is 8.47. The van der Waals surface area contributed by atoms with Crippen LogP contribution in [0.25, 0.3) is 5.69 Å². The third-order valence-corrected chi connectivity index (χ3v) is 6.27. The maximum Gasteiger partial charge on any atom is 0.268 e. The van der Waals surface area contributed by atoms with Crippen LogP contribution in [0.15, 0.2) is 52.1 Å². The van der Waals surface area contributed by atoms with Gasteiger partial charge >= 0.3 is 0 Å². The number of fused-ring (bicyclic) bond motifs is 1. The Morgan fingerprint density at radius 1 is 1.19 bits per heavy atom. The minimum atomic E-state index is -0.461. The molecule has 3 heterocycles. The quantitative estimate of drug-likeness (QED) is 0.677. The maximum atomic E-state index is 13.4. The molecule has 1 atom stereocenters. The van der Waals surface area contributed by atoms with E-state index in [-0.39, 0.29) is 17.5 Å². The lowest BCUT2D eigenvalue weighted by Crippen LogP contribution is -2.40. The number of amides is 2. The summed E-state index contributed by atoms with van der Waals surface area (Å²) in [5.74, 6) is -0.935. The molecule has 160 valence electrons. The molecule has 1 aliphatic heterocycles. The summed E-state index contributed by atoms with van der Waals surface area (Å²) in [5, 5.41) is 6.81. The van der Waals surface area contributed by atoms with Gasteiger partial charge in [-0.25, -0.2) is 4.39 Å². The molecule has 0 aliphatic carbocycles. The van der Waals surface area contributed by atoms with Crippen LogP contribution in [-0.4, -0.2) is 27.8 Å². The fourth-order valence-corrected chi connectivity index (χ4v) is 4.58. The summed E-state index contributed by atoms with van der Waals surface area (Å²) < 4.78 is 14.8. The third-order valence-electron chi connectivity index (χ3n) is 5.57. The molecule has 0 radical (unpaired) electrons. The van der Waals surface area contributed by atoms with Crippen molar-refractivity contribution >= 4 is 23.2 Å². The van der Waals surface area contributed by atoms with Gasteiger partial charge in [0.25, 0.3) is 11.5 Å². The molecule has 2 aromatic heterocycles. The second-order valence-corrected chi connectivity index (χ2v) is 8.38. The predicted octanol–water partition coefficient (Wildman–Crippen LogP) is 3.43. The van der Waals surface area contributed by atoms with Gasteiger partial charge in [-0.2, -0.15) is 11.3 Å². The fourth-order valence-electron chi connectivity index (χ4n) is 3.83. The zero-order valence-corrected chi connectivity index (χ0v) is 18.0. The Balaban J connectivity index is 1.80. The number of benzene rings is 1. The molecule has 1 N–H and O–H groups in total. The first-order valence-corrected chi connectivity index (χ1v) is 10.9. The van der Waals surface area contributed by atoms with Gasteiger partial charge in [0, 0.05) is 31.9 Å². The van der Waals surface area contributed by atoms with Crippen molar-refractivity contribution in [3.63, 3.8) is 0 Å². The third kappa shape index (κ3) is 4.16. The Bertz CT molecular complexity index is 1190. The van der Waals surface area contributed by atoms with Gasteiger partial charge in [0.2, 0.25) is 5.91 Å². The number of rotatable bonds is 4. The van der Waals surface area contributed by atoms with Gasteiger partial charge < -0.3 is 10.2 Å². The first-order chi connectivity index (χ1) is 14.8. The Kier molecular flexibility index (Phi) is 5.73. The van der Waals surface area contributed by atoms with E-state index >= 15 is 0 Å². The number of hydrogen-bond acceptors (Lipinski definition) is 4. The highest BCUT2D eigenvalue weighted by Crippen LogP contribution is 2.23. The molecule has 0 saturated heterocycles. The Labute approximate surface area is 182 Å². The molecular weight excluding hydrogens is 417 g/mol. The molecule has 31 heavy (non-hydrogen) atoms. The molecule has 0 fully saturated rings. The normalized spacial score (nSPS) is 14.1. The number of carbonyl (C=O) groups excluding carboxylic acids is 2. The molecule has 1 aromatic carbocycles. The summed E-state index contributed by atoms with van der Waals surface area (Å²) in [4.78, 5) is 40.2. The van der Waals surface area contributed by atoms with Crippen LogP contribution in [0.4, 0.5) is 4.39 Å². The lowest BCUT2D eigenvalue weighted by molar-refractivity contribution is -0.129. The Morgan fingerprint density at radius 3 is 2.58 bits per heavy atom. The zero-order chi connectivity index (χ0) is 22.1. The van der Waals surface area contributed by atoms with E-state index in [0.717, 1.165) is 11.1 Å². The number of hydrogen-bond donors (Lipinski definition) is 1. The fraction of sp³-hybridized carbons (Fsp3) is 0.261. The summed E-state index contributed by atoms with van der Waals surface area (Å²) in [6.45, 7) is 4.12. The Morgan fingerprint density at radius 2 is 1.94 bits per heavy atom. The summed E-state index contributed by atoms with van der Waals surface area (Å²) in [7, 11) is 0. The molecule has 6 nitrogen and oxygen atoms in total. The van der Waals surface area contributed by atoms with Crippen molar-refractivity contribution in [2.75, 3.05) is 6.54 Å². The van der Waals surface area contributed by atoms with Crippen LogP contribution < -0.4 is 10.9 Å². The minimum absolute atomic E-state index is 0.0673. The minimum Gasteiger partial charge on any atom is -0.345 e. The summed E-state index contributed by atoms with van der Waals surface area (Å²) >= 11 is 1.54. The van der Waals surface area contributed by atoms with Crippen molar-refractivity contribution in [3.05, 3.63) is 85.7 Å². The van der Waals surface area contributed by atoms with Gasteiger partial charge in [-0.1, -0.05) is 0 Å². The predicted molar refractivity (Wildman–Crippen MR) is 117 cm³/mol. The Hall–Kier alpha value is -3.26. The highest BCUT2D eigenvalue weighted by Gasteiger charge is 2.28. The van der Waals surface area contributed by atoms with Gasteiger partial charge in [0.15, 0.2) is 0 Å². The lowest BCUT2D eigenvalue weighted by atomic mass is 9.95. The van der Waals surface area contributed by atoms with E-state index in [0.29, 0.717) is 30.8 Å². The smallest absolute Gasteiger partial charge is 0.268 e. The SMILES string of the molecule is CC(=O)N1CCc2c(cn(-c3ccc(F)cc3)c(=O)c2C(=O)NC(C)c2ccsc2)C1. The molecule has 8 heteroatoms. The number of carbonyl (C=O) groups is 2. The van der Waals surface area contributed by atoms with E-state index in [2.05, 4.69) is 5.32 Å². The number of halogens is 1. The van der Waals surface area contributed by atoms with E-state index in [9.17, 15) is 18.8 Å². The number of nitrogens with one attached hydrogen (secondary N) is 1. The number of thiophene rings is 1. The van der Waals surface area contributed by atoms with Crippen LogP contribution in [0.3, 0.4) is 0 Å². The molecule has 3 aromatic rings. The first-order valence-electron chi connectivity index (χ1n) is 9.97. The van der Waals surface area contributed by atoms with Crippen LogP contribution in [-0.2, 0) is 17.8 Å². The largest absolute Gasteiger partial charge is 0.345 e. The van der Waals surface area contributed by atoms with Crippen molar-refractivity contribution in [3.8, 4) is 5.69 Å². The van der Waals surface area contributed by atoms with Crippen LogP contribution in [0, 0.1) is 5.82 Å². The van der Waals surface area contributed by atoms with Crippen LogP contribution in [0.5, 0.6) is 0 Å². The van der Waals surface area contributed by atoms with Gasteiger partial charge in [-0.3, -0.25) is 19.0 Å². The van der Waals surface area contributed by atoms with Crippen molar-refractivity contribution in [2.24, 2.45) is 0 Å². The highest BCUT2D eigenvalue weighted by atomic mass is 32.1. The average Bonchev–Trinajstić information content (AvgIpc) is 3.28. The summed E-state index contributed by atoms with van der Waals surface area (Å²) in [5.41, 5.74) is 2.43. The molecular formula is C23H22FN3O3S. The van der Waals surface area contributed by atoms with Gasteiger partial charge in [-0.05, 0) is 71.1 Å². The molecule has 0 saturated carbocycles. The van der Waals surface area contributed by atoms with E-state index in [4.69, 9.17) is 0 Å². The van der Waals surface area contributed by atoms with E-state index < -0.39 is 17.3 Å². The monoisotopic (exact) mass is 439 g/mol. The van der Waals surface area contributed by atoms with Gasteiger partial charge in [0.1, 0.15) is 11.4 Å². The van der Waals surface area contributed by atoms with Crippen LogP contribution >= 0.6 is 11.3 Å². The van der Waals surface area contributed by atoms with Crippen molar-refractivity contribution < 1.29 is 14.0 Å². The molecule has 0 spiro atoms. The molecule has 4 rings (SSSR count). The standard InChI is InChI=1S/C23H22FN3O3S/c1-14(16-8-10-31-13-16)25-22(29)21-20-7-9-26(15(2)28)11-17(20)12-27(23(21)30)19-5-3-18(24)4-6-19/h3-6,8,10,12-14H,7,9,11H2,1-2H3,(H,25,29). The summed E-state index contributed by atoms with van der Waals surface area (Å²) in [6.07, 6.45) is 2.07. The van der Waals surface area contributed by atoms with Crippen molar-refractivity contribution in [1.82, 2.24) is 14.8 Å². The van der Waals surface area contributed by atoms with Crippen LogP contribution in [0.1, 0.15) is 46.9 Å². The number of aromatic nitrogens is 1. The van der Waals surface area contributed by atoms with Crippen LogP contribution in [0.2, 0.25) is 0 Å². The van der Waals surface area contributed by atoms with Crippen molar-refractivity contribution in [1.29, 1.82) is 0 Å². The average molecular weight is 440 g/mol. The topological polar surface area (TPSA) is 71.4 Å². The highest BCUT2D eigenvalue weighted by molar-refractivity contribution is 7.08. The van der Waals surface area contributed by atoms with E-state index in [1.54, 1.807) is 11.1 Å². The summed E-state index contributed by atoms with van der Waals surface area (Å²) in [6, 6.07) is 7.18. The van der Waals surface area contributed by atoms with Gasteiger partial charge in [-0.15, -0.1) is 0 Å². The van der Waals surface area contributed by atoms with Crippen molar-refractivity contribution in [2.45, 2.75) is 32.9 Å². The number of nitrogens with zero attached hydrogens (tertiary/aromatic N) is 2. The van der Waals surface area contributed by atoms with Gasteiger partial charge in [0.05, 0.1) is 6.04 Å². The molecule has 2 amide bonds. The number of pyridine rings is 1.